The van der Waals surface area contributed by atoms with Crippen LogP contribution in [-0.2, 0) is 0 Å². The van der Waals surface area contributed by atoms with E-state index in [-0.39, 0.29) is 11.5 Å². The molecule has 2 N–H and O–H groups in total. The van der Waals surface area contributed by atoms with Crippen molar-refractivity contribution in [2.75, 3.05) is 0 Å². The fraction of sp³-hybridized carbons (Fsp3) is 0.0526. The molecule has 3 aromatic heterocycles. The summed E-state index contributed by atoms with van der Waals surface area (Å²) < 4.78 is 15.8. The first kappa shape index (κ1) is 15.9. The van der Waals surface area contributed by atoms with Gasteiger partial charge in [-0.3, -0.25) is 9.20 Å². The monoisotopic (exact) mass is 347 g/mol. The van der Waals surface area contributed by atoms with Crippen molar-refractivity contribution in [3.63, 3.8) is 0 Å². The van der Waals surface area contributed by atoms with Crippen LogP contribution in [0, 0.1) is 12.7 Å². The number of primary amides is 1. The van der Waals surface area contributed by atoms with Crippen molar-refractivity contribution in [1.29, 1.82) is 0 Å². The van der Waals surface area contributed by atoms with Gasteiger partial charge < -0.3 is 5.73 Å². The van der Waals surface area contributed by atoms with Gasteiger partial charge in [0.1, 0.15) is 11.5 Å². The van der Waals surface area contributed by atoms with Crippen LogP contribution in [0.5, 0.6) is 0 Å². The summed E-state index contributed by atoms with van der Waals surface area (Å²) in [6.07, 6.45) is 5.09. The van der Waals surface area contributed by atoms with Crippen LogP contribution in [0.15, 0.2) is 55.0 Å². The number of aromatic nitrogens is 4. The first-order valence-corrected chi connectivity index (χ1v) is 7.90. The Hall–Kier alpha value is -3.61. The lowest BCUT2D eigenvalue weighted by Gasteiger charge is -2.02. The van der Waals surface area contributed by atoms with Crippen molar-refractivity contribution in [3.05, 3.63) is 72.1 Å². The van der Waals surface area contributed by atoms with E-state index < -0.39 is 5.91 Å². The lowest BCUT2D eigenvalue weighted by Crippen LogP contribution is -2.13. The normalized spacial score (nSPS) is 11.0. The molecule has 0 aliphatic rings. The molecule has 0 unspecified atom stereocenters. The Kier molecular flexibility index (Phi) is 3.69. The number of pyridine rings is 1. The third-order valence-electron chi connectivity index (χ3n) is 4.01. The SMILES string of the molecule is Cc1ccc(F)c(-c2cn3cc(-c4cccc(C(N)=O)n4)cnc3n2)c1. The van der Waals surface area contributed by atoms with Crippen LogP contribution in [-0.4, -0.2) is 25.3 Å². The maximum Gasteiger partial charge on any atom is 0.267 e. The average Bonchev–Trinajstić information content (AvgIpc) is 3.06. The van der Waals surface area contributed by atoms with Gasteiger partial charge in [0.25, 0.3) is 5.91 Å². The number of hydrogen-bond donors (Lipinski definition) is 1. The Balaban J connectivity index is 1.80. The van der Waals surface area contributed by atoms with E-state index in [9.17, 15) is 9.18 Å². The number of nitrogens with zero attached hydrogens (tertiary/aromatic N) is 4. The van der Waals surface area contributed by atoms with Crippen molar-refractivity contribution in [2.24, 2.45) is 5.73 Å². The predicted octanol–water partition coefficient (Wildman–Crippen LogP) is 3.00. The zero-order valence-electron chi connectivity index (χ0n) is 13.8. The summed E-state index contributed by atoms with van der Waals surface area (Å²) in [5, 5.41) is 0. The first-order chi connectivity index (χ1) is 12.5. The summed E-state index contributed by atoms with van der Waals surface area (Å²) in [5.74, 6) is -0.494. The number of imidazole rings is 1. The summed E-state index contributed by atoms with van der Waals surface area (Å²) in [6, 6.07) is 9.89. The highest BCUT2D eigenvalue weighted by Crippen LogP contribution is 2.24. The van der Waals surface area contributed by atoms with Gasteiger partial charge in [-0.1, -0.05) is 17.7 Å². The third kappa shape index (κ3) is 2.79. The van der Waals surface area contributed by atoms with Crippen LogP contribution in [0.1, 0.15) is 16.1 Å². The second kappa shape index (κ2) is 6.03. The van der Waals surface area contributed by atoms with Crippen molar-refractivity contribution >= 4 is 11.7 Å². The number of carbonyl (C=O) groups excluding carboxylic acids is 1. The number of hydrogen-bond acceptors (Lipinski definition) is 4. The molecular formula is C19H14FN5O. The molecule has 0 atom stereocenters. The molecule has 0 radical (unpaired) electrons. The van der Waals surface area contributed by atoms with E-state index in [1.54, 1.807) is 53.3 Å². The van der Waals surface area contributed by atoms with Gasteiger partial charge in [-0.15, -0.1) is 0 Å². The van der Waals surface area contributed by atoms with Gasteiger partial charge in [0, 0.05) is 29.7 Å². The maximum absolute atomic E-state index is 14.1. The fourth-order valence-electron chi connectivity index (χ4n) is 2.71. The third-order valence-corrected chi connectivity index (χ3v) is 4.01. The highest BCUT2D eigenvalue weighted by atomic mass is 19.1. The Morgan fingerprint density at radius 2 is 1.96 bits per heavy atom. The predicted molar refractivity (Wildman–Crippen MR) is 94.9 cm³/mol. The molecule has 26 heavy (non-hydrogen) atoms. The minimum absolute atomic E-state index is 0.177. The Morgan fingerprint density at radius 3 is 2.77 bits per heavy atom. The Morgan fingerprint density at radius 1 is 1.12 bits per heavy atom. The lowest BCUT2D eigenvalue weighted by molar-refractivity contribution is 0.0995. The molecule has 128 valence electrons. The molecule has 0 aliphatic carbocycles. The highest BCUT2D eigenvalue weighted by molar-refractivity contribution is 5.91. The quantitative estimate of drug-likeness (QED) is 0.617. The van der Waals surface area contributed by atoms with Crippen LogP contribution >= 0.6 is 0 Å². The molecule has 0 aliphatic heterocycles. The van der Waals surface area contributed by atoms with E-state index in [1.807, 2.05) is 6.92 Å². The number of amides is 1. The van der Waals surface area contributed by atoms with Gasteiger partial charge in [-0.25, -0.2) is 19.3 Å². The second-order valence-electron chi connectivity index (χ2n) is 5.93. The van der Waals surface area contributed by atoms with Crippen molar-refractivity contribution in [3.8, 4) is 22.5 Å². The molecule has 4 rings (SSSR count). The number of aryl methyl sites for hydroxylation is 1. The summed E-state index contributed by atoms with van der Waals surface area (Å²) >= 11 is 0. The van der Waals surface area contributed by atoms with Crippen molar-refractivity contribution in [1.82, 2.24) is 19.4 Å². The zero-order chi connectivity index (χ0) is 18.3. The minimum Gasteiger partial charge on any atom is -0.364 e. The highest BCUT2D eigenvalue weighted by Gasteiger charge is 2.12. The molecule has 7 heteroatoms. The Labute approximate surface area is 148 Å². The van der Waals surface area contributed by atoms with Gasteiger partial charge >= 0.3 is 0 Å². The van der Waals surface area contributed by atoms with E-state index in [1.165, 1.54) is 6.07 Å². The lowest BCUT2D eigenvalue weighted by atomic mass is 10.1. The van der Waals surface area contributed by atoms with E-state index in [2.05, 4.69) is 15.0 Å². The number of carbonyl (C=O) groups is 1. The van der Waals surface area contributed by atoms with Gasteiger partial charge in [0.15, 0.2) is 0 Å². The van der Waals surface area contributed by atoms with Crippen LogP contribution in [0.2, 0.25) is 0 Å². The zero-order valence-corrected chi connectivity index (χ0v) is 13.8. The van der Waals surface area contributed by atoms with Gasteiger partial charge in [-0.05, 0) is 31.2 Å². The van der Waals surface area contributed by atoms with Gasteiger partial charge in [0.2, 0.25) is 5.78 Å². The van der Waals surface area contributed by atoms with E-state index in [4.69, 9.17) is 5.73 Å². The number of rotatable bonds is 3. The molecule has 4 aromatic rings. The summed E-state index contributed by atoms with van der Waals surface area (Å²) in [7, 11) is 0. The summed E-state index contributed by atoms with van der Waals surface area (Å²) in [4.78, 5) is 24.2. The summed E-state index contributed by atoms with van der Waals surface area (Å²) in [5.41, 5.74) is 8.57. The molecule has 1 amide bonds. The van der Waals surface area contributed by atoms with Crippen LogP contribution in [0.25, 0.3) is 28.3 Å². The molecule has 0 saturated carbocycles. The number of nitrogens with two attached hydrogens (primary N) is 1. The number of halogens is 1. The van der Waals surface area contributed by atoms with E-state index >= 15 is 0 Å². The summed E-state index contributed by atoms with van der Waals surface area (Å²) in [6.45, 7) is 1.90. The number of benzene rings is 1. The molecule has 0 saturated heterocycles. The van der Waals surface area contributed by atoms with Crippen molar-refractivity contribution in [2.45, 2.75) is 6.92 Å². The number of fused-ring (bicyclic) bond motifs is 1. The van der Waals surface area contributed by atoms with Gasteiger partial charge in [-0.2, -0.15) is 0 Å². The molecule has 3 heterocycles. The topological polar surface area (TPSA) is 86.2 Å². The largest absolute Gasteiger partial charge is 0.364 e. The smallest absolute Gasteiger partial charge is 0.267 e. The van der Waals surface area contributed by atoms with Crippen LogP contribution < -0.4 is 5.73 Å². The maximum atomic E-state index is 14.1. The fourth-order valence-corrected chi connectivity index (χ4v) is 2.71. The standard InChI is InChI=1S/C19H14FN5O/c1-11-5-6-14(20)13(7-11)17-10-25-9-12(8-22-19(25)24-17)15-3-2-4-16(23-15)18(21)26/h2-10H,1H3,(H2,21,26). The van der Waals surface area contributed by atoms with Crippen LogP contribution in [0.4, 0.5) is 4.39 Å². The molecule has 1 aromatic carbocycles. The molecule has 0 spiro atoms. The minimum atomic E-state index is -0.597. The molecule has 0 bridgehead atoms. The molecular weight excluding hydrogens is 333 g/mol. The van der Waals surface area contributed by atoms with E-state index in [0.29, 0.717) is 28.3 Å². The molecule has 6 nitrogen and oxygen atoms in total. The first-order valence-electron chi connectivity index (χ1n) is 7.90. The van der Waals surface area contributed by atoms with Gasteiger partial charge in [0.05, 0.1) is 11.4 Å². The second-order valence-corrected chi connectivity index (χ2v) is 5.93. The van der Waals surface area contributed by atoms with E-state index in [0.717, 1.165) is 5.56 Å². The van der Waals surface area contributed by atoms with Crippen molar-refractivity contribution < 1.29 is 9.18 Å². The van der Waals surface area contributed by atoms with Crippen LogP contribution in [0.3, 0.4) is 0 Å². The Bertz CT molecular complexity index is 1150. The molecule has 0 fully saturated rings. The average molecular weight is 347 g/mol.